The lowest BCUT2D eigenvalue weighted by atomic mass is 10.0. The van der Waals surface area contributed by atoms with Gasteiger partial charge in [-0.2, -0.15) is 0 Å². The predicted octanol–water partition coefficient (Wildman–Crippen LogP) is 3.36. The van der Waals surface area contributed by atoms with E-state index in [9.17, 15) is 5.11 Å². The lowest BCUT2D eigenvalue weighted by Crippen LogP contribution is -2.19. The van der Waals surface area contributed by atoms with Crippen LogP contribution in [0.1, 0.15) is 30.3 Å². The molecule has 1 aromatic heterocycles. The first-order valence-electron chi connectivity index (χ1n) is 10.3. The van der Waals surface area contributed by atoms with Gasteiger partial charge in [-0.25, -0.2) is 4.98 Å². The molecule has 30 heavy (non-hydrogen) atoms. The number of aliphatic hydroxyl groups excluding tert-OH is 1. The van der Waals surface area contributed by atoms with Gasteiger partial charge in [0.1, 0.15) is 12.6 Å². The molecule has 0 fully saturated rings. The number of carbonyl (C=O) groups excluding carboxylic acids is 1. The van der Waals surface area contributed by atoms with Gasteiger partial charge < -0.3 is 24.7 Å². The number of aromatic nitrogens is 2. The third-order valence-electron chi connectivity index (χ3n) is 5.16. The molecule has 2 N–H and O–H groups in total. The summed E-state index contributed by atoms with van der Waals surface area (Å²) in [5.41, 5.74) is 5.78. The second-order valence-corrected chi connectivity index (χ2v) is 7.74. The summed E-state index contributed by atoms with van der Waals surface area (Å²) in [5, 5.41) is 13.1. The SMILES string of the molecule is C=O.CNc1ccc2c(nc(Cc3ccccc3)n2CCN(C)C)c1CCC(C)O. The summed E-state index contributed by atoms with van der Waals surface area (Å²) in [7, 11) is 6.15. The van der Waals surface area contributed by atoms with E-state index in [0.29, 0.717) is 0 Å². The number of benzene rings is 2. The third-order valence-corrected chi connectivity index (χ3v) is 5.16. The average molecular weight is 411 g/mol. The molecule has 0 amide bonds. The summed E-state index contributed by atoms with van der Waals surface area (Å²) < 4.78 is 2.35. The number of likely N-dealkylation sites (N-methyl/N-ethyl adjacent to an activating group) is 1. The van der Waals surface area contributed by atoms with Crippen molar-refractivity contribution in [2.45, 2.75) is 38.8 Å². The van der Waals surface area contributed by atoms with E-state index in [1.54, 1.807) is 0 Å². The molecule has 0 saturated carbocycles. The zero-order valence-corrected chi connectivity index (χ0v) is 18.6. The number of nitrogens with zero attached hydrogens (tertiary/aromatic N) is 3. The molecule has 0 spiro atoms. The van der Waals surface area contributed by atoms with E-state index in [2.05, 4.69) is 65.3 Å². The zero-order chi connectivity index (χ0) is 22.1. The summed E-state index contributed by atoms with van der Waals surface area (Å²) in [6, 6.07) is 14.8. The Labute approximate surface area is 179 Å². The fourth-order valence-electron chi connectivity index (χ4n) is 3.60. The zero-order valence-electron chi connectivity index (χ0n) is 18.6. The van der Waals surface area contributed by atoms with Crippen molar-refractivity contribution in [1.29, 1.82) is 0 Å². The minimum absolute atomic E-state index is 0.320. The van der Waals surface area contributed by atoms with E-state index >= 15 is 0 Å². The fourth-order valence-corrected chi connectivity index (χ4v) is 3.60. The maximum Gasteiger partial charge on any atom is 0.114 e. The van der Waals surface area contributed by atoms with Gasteiger partial charge >= 0.3 is 0 Å². The van der Waals surface area contributed by atoms with Crippen LogP contribution >= 0.6 is 0 Å². The molecule has 2 aromatic carbocycles. The van der Waals surface area contributed by atoms with Crippen LogP contribution in [0.2, 0.25) is 0 Å². The second-order valence-electron chi connectivity index (χ2n) is 7.74. The van der Waals surface area contributed by atoms with Gasteiger partial charge in [-0.15, -0.1) is 0 Å². The predicted molar refractivity (Wildman–Crippen MR) is 124 cm³/mol. The van der Waals surface area contributed by atoms with Crippen LogP contribution < -0.4 is 5.32 Å². The van der Waals surface area contributed by atoms with E-state index in [0.717, 1.165) is 49.4 Å². The van der Waals surface area contributed by atoms with Gasteiger partial charge in [0.2, 0.25) is 0 Å². The van der Waals surface area contributed by atoms with Crippen LogP contribution in [-0.2, 0) is 24.2 Å². The first-order chi connectivity index (χ1) is 14.5. The van der Waals surface area contributed by atoms with E-state index in [-0.39, 0.29) is 6.10 Å². The van der Waals surface area contributed by atoms with Gasteiger partial charge in [-0.1, -0.05) is 30.3 Å². The smallest absolute Gasteiger partial charge is 0.114 e. The largest absolute Gasteiger partial charge is 0.393 e. The molecule has 0 aliphatic heterocycles. The van der Waals surface area contributed by atoms with Crippen molar-refractivity contribution in [3.05, 3.63) is 59.4 Å². The molecule has 6 heteroatoms. The Morgan fingerprint density at radius 1 is 1.17 bits per heavy atom. The van der Waals surface area contributed by atoms with Crippen LogP contribution in [0.4, 0.5) is 5.69 Å². The monoisotopic (exact) mass is 410 g/mol. The number of aliphatic hydroxyl groups is 1. The number of carbonyl (C=O) groups is 1. The normalized spacial score (nSPS) is 11.9. The minimum Gasteiger partial charge on any atom is -0.393 e. The molecule has 6 nitrogen and oxygen atoms in total. The van der Waals surface area contributed by atoms with Gasteiger partial charge in [0, 0.05) is 37.8 Å². The van der Waals surface area contributed by atoms with Gasteiger partial charge in [-0.3, -0.25) is 0 Å². The van der Waals surface area contributed by atoms with Gasteiger partial charge in [-0.05, 0) is 51.6 Å². The Bertz CT molecular complexity index is 920. The molecule has 3 rings (SSSR count). The van der Waals surface area contributed by atoms with E-state index in [1.165, 1.54) is 16.6 Å². The van der Waals surface area contributed by atoms with Crippen molar-refractivity contribution in [2.75, 3.05) is 33.0 Å². The Hall–Kier alpha value is -2.70. The first kappa shape index (κ1) is 23.6. The Morgan fingerprint density at radius 3 is 2.47 bits per heavy atom. The molecule has 162 valence electrons. The van der Waals surface area contributed by atoms with Crippen molar-refractivity contribution in [3.63, 3.8) is 0 Å². The molecule has 0 bridgehead atoms. The maximum atomic E-state index is 9.80. The lowest BCUT2D eigenvalue weighted by molar-refractivity contribution is -0.0979. The van der Waals surface area contributed by atoms with Gasteiger partial charge in [0.15, 0.2) is 0 Å². The van der Waals surface area contributed by atoms with Crippen molar-refractivity contribution in [2.24, 2.45) is 0 Å². The first-order valence-corrected chi connectivity index (χ1v) is 10.3. The average Bonchev–Trinajstić information content (AvgIpc) is 3.09. The summed E-state index contributed by atoms with van der Waals surface area (Å²) in [6.45, 7) is 5.71. The summed E-state index contributed by atoms with van der Waals surface area (Å²) in [4.78, 5) is 15.3. The topological polar surface area (TPSA) is 70.4 Å². The Kier molecular flexibility index (Phi) is 9.02. The standard InChI is InChI=1S/C23H32N4O.CH2O/c1-17(28)10-11-19-20(24-2)12-13-21-23(19)25-22(27(21)15-14-26(3)4)16-18-8-6-5-7-9-18;1-2/h5-9,12-13,17,24,28H,10-11,14-16H2,1-4H3;1H2. The highest BCUT2D eigenvalue weighted by atomic mass is 16.3. The van der Waals surface area contributed by atoms with E-state index < -0.39 is 0 Å². The number of hydrogen-bond acceptors (Lipinski definition) is 5. The van der Waals surface area contributed by atoms with Crippen LogP contribution in [0, 0.1) is 0 Å². The quantitative estimate of drug-likeness (QED) is 0.566. The minimum atomic E-state index is -0.320. The van der Waals surface area contributed by atoms with Crippen LogP contribution in [0.3, 0.4) is 0 Å². The summed E-state index contributed by atoms with van der Waals surface area (Å²) in [5.74, 6) is 1.09. The molecule has 1 atom stereocenters. The van der Waals surface area contributed by atoms with Gasteiger partial charge in [0.05, 0.1) is 17.1 Å². The molecular weight excluding hydrogens is 376 g/mol. The number of nitrogens with one attached hydrogen (secondary N) is 1. The van der Waals surface area contributed by atoms with E-state index in [1.807, 2.05) is 26.8 Å². The highest BCUT2D eigenvalue weighted by Crippen LogP contribution is 2.29. The maximum absolute atomic E-state index is 9.80. The number of fused-ring (bicyclic) bond motifs is 1. The fraction of sp³-hybridized carbons (Fsp3) is 0.417. The highest BCUT2D eigenvalue weighted by Gasteiger charge is 2.17. The number of anilines is 1. The van der Waals surface area contributed by atoms with E-state index in [4.69, 9.17) is 9.78 Å². The van der Waals surface area contributed by atoms with Crippen molar-refractivity contribution in [3.8, 4) is 0 Å². The van der Waals surface area contributed by atoms with Crippen LogP contribution in [0.5, 0.6) is 0 Å². The Morgan fingerprint density at radius 2 is 1.87 bits per heavy atom. The Balaban J connectivity index is 0.00000155. The second kappa shape index (κ2) is 11.5. The van der Waals surface area contributed by atoms with Crippen molar-refractivity contribution >= 4 is 23.5 Å². The van der Waals surface area contributed by atoms with Crippen LogP contribution in [0.15, 0.2) is 42.5 Å². The molecule has 0 aliphatic rings. The molecular formula is C24H34N4O2. The summed E-state index contributed by atoms with van der Waals surface area (Å²) in [6.07, 6.45) is 2.03. The number of imidazole rings is 1. The van der Waals surface area contributed by atoms with Crippen molar-refractivity contribution in [1.82, 2.24) is 14.5 Å². The van der Waals surface area contributed by atoms with Crippen LogP contribution in [-0.4, -0.2) is 60.1 Å². The summed E-state index contributed by atoms with van der Waals surface area (Å²) >= 11 is 0. The highest BCUT2D eigenvalue weighted by molar-refractivity contribution is 5.85. The molecule has 0 radical (unpaired) electrons. The number of aryl methyl sites for hydroxylation is 1. The van der Waals surface area contributed by atoms with Crippen molar-refractivity contribution < 1.29 is 9.90 Å². The van der Waals surface area contributed by atoms with Gasteiger partial charge in [0.25, 0.3) is 0 Å². The third kappa shape index (κ3) is 5.90. The van der Waals surface area contributed by atoms with Crippen LogP contribution in [0.25, 0.3) is 11.0 Å². The molecule has 0 aliphatic carbocycles. The molecule has 1 unspecified atom stereocenters. The lowest BCUT2D eigenvalue weighted by Gasteiger charge is -2.14. The molecule has 1 heterocycles. The number of hydrogen-bond donors (Lipinski definition) is 2. The number of rotatable bonds is 9. The molecule has 0 saturated heterocycles. The molecule has 3 aromatic rings.